The minimum atomic E-state index is -0.247. The third kappa shape index (κ3) is 7.98. The highest BCUT2D eigenvalue weighted by molar-refractivity contribution is 5.75. The lowest BCUT2D eigenvalue weighted by atomic mass is 9.94. The van der Waals surface area contributed by atoms with Crippen LogP contribution in [0.4, 0.5) is 0 Å². The van der Waals surface area contributed by atoms with E-state index >= 15 is 0 Å². The van der Waals surface area contributed by atoms with E-state index in [9.17, 15) is 9.90 Å². The van der Waals surface area contributed by atoms with Crippen LogP contribution in [-0.2, 0) is 14.3 Å². The van der Waals surface area contributed by atoms with Gasteiger partial charge in [0, 0.05) is 19.6 Å². The Morgan fingerprint density at radius 1 is 1.15 bits per heavy atom. The first kappa shape index (κ1) is 17.6. The van der Waals surface area contributed by atoms with Gasteiger partial charge in [-0.05, 0) is 46.0 Å². The zero-order valence-electron chi connectivity index (χ0n) is 13.0. The van der Waals surface area contributed by atoms with Crippen molar-refractivity contribution < 1.29 is 19.4 Å². The molecule has 3 atom stereocenters. The van der Waals surface area contributed by atoms with Gasteiger partial charge in [-0.15, -0.1) is 0 Å². The SMILES string of the molecule is CC(=O)CCCOC1CCCCC1OCCCC(C)O. The number of aliphatic hydroxyl groups is 1. The Morgan fingerprint density at radius 2 is 1.70 bits per heavy atom. The van der Waals surface area contributed by atoms with Crippen LogP contribution in [0, 0.1) is 0 Å². The molecule has 4 heteroatoms. The third-order valence-corrected chi connectivity index (χ3v) is 3.75. The molecule has 0 aromatic rings. The van der Waals surface area contributed by atoms with Gasteiger partial charge in [-0.3, -0.25) is 0 Å². The Balaban J connectivity index is 2.18. The van der Waals surface area contributed by atoms with Crippen LogP contribution >= 0.6 is 0 Å². The number of carbonyl (C=O) groups is 1. The van der Waals surface area contributed by atoms with E-state index in [0.29, 0.717) is 19.6 Å². The van der Waals surface area contributed by atoms with Gasteiger partial charge >= 0.3 is 0 Å². The van der Waals surface area contributed by atoms with Crippen molar-refractivity contribution in [2.24, 2.45) is 0 Å². The largest absolute Gasteiger partial charge is 0.393 e. The smallest absolute Gasteiger partial charge is 0.129 e. The summed E-state index contributed by atoms with van der Waals surface area (Å²) in [5.74, 6) is 0.225. The minimum absolute atomic E-state index is 0.183. The third-order valence-electron chi connectivity index (χ3n) is 3.75. The standard InChI is InChI=1S/C16H30O4/c1-13(17)7-5-11-19-15-9-3-4-10-16(15)20-12-6-8-14(2)18/h13,15-17H,3-12H2,1-2H3. The topological polar surface area (TPSA) is 55.8 Å². The van der Waals surface area contributed by atoms with Crippen LogP contribution in [0.25, 0.3) is 0 Å². The summed E-state index contributed by atoms with van der Waals surface area (Å²) >= 11 is 0. The van der Waals surface area contributed by atoms with Gasteiger partial charge in [0.25, 0.3) is 0 Å². The molecule has 3 unspecified atom stereocenters. The molecule has 0 spiro atoms. The number of hydrogen-bond donors (Lipinski definition) is 1. The van der Waals surface area contributed by atoms with Crippen LogP contribution in [0.1, 0.15) is 65.2 Å². The molecule has 0 aromatic heterocycles. The van der Waals surface area contributed by atoms with Crippen molar-refractivity contribution in [1.82, 2.24) is 0 Å². The van der Waals surface area contributed by atoms with Crippen molar-refractivity contribution in [1.29, 1.82) is 0 Å². The number of ether oxygens (including phenoxy) is 2. The van der Waals surface area contributed by atoms with Crippen molar-refractivity contribution in [3.8, 4) is 0 Å². The minimum Gasteiger partial charge on any atom is -0.393 e. The fourth-order valence-electron chi connectivity index (χ4n) is 2.61. The molecule has 0 aliphatic heterocycles. The van der Waals surface area contributed by atoms with Crippen LogP contribution in [0.3, 0.4) is 0 Å². The van der Waals surface area contributed by atoms with Gasteiger partial charge in [0.15, 0.2) is 0 Å². The molecule has 0 amide bonds. The quantitative estimate of drug-likeness (QED) is 0.627. The predicted octanol–water partition coefficient (Wildman–Crippen LogP) is 2.86. The second-order valence-electron chi connectivity index (χ2n) is 5.90. The zero-order chi connectivity index (χ0) is 14.8. The predicted molar refractivity (Wildman–Crippen MR) is 78.8 cm³/mol. The van der Waals surface area contributed by atoms with E-state index in [1.54, 1.807) is 6.92 Å². The van der Waals surface area contributed by atoms with Crippen LogP contribution in [-0.4, -0.2) is 42.4 Å². The number of hydrogen-bond acceptors (Lipinski definition) is 4. The van der Waals surface area contributed by atoms with E-state index < -0.39 is 0 Å². The Bertz CT molecular complexity index is 265. The Labute approximate surface area is 122 Å². The van der Waals surface area contributed by atoms with Gasteiger partial charge in [0.1, 0.15) is 5.78 Å². The highest BCUT2D eigenvalue weighted by atomic mass is 16.5. The molecule has 1 aliphatic carbocycles. The molecule has 0 aromatic carbocycles. The van der Waals surface area contributed by atoms with Gasteiger partial charge in [0.2, 0.25) is 0 Å². The van der Waals surface area contributed by atoms with Gasteiger partial charge in [-0.1, -0.05) is 12.8 Å². The van der Waals surface area contributed by atoms with E-state index in [4.69, 9.17) is 9.47 Å². The van der Waals surface area contributed by atoms with E-state index in [1.807, 2.05) is 6.92 Å². The summed E-state index contributed by atoms with van der Waals surface area (Å²) in [5.41, 5.74) is 0. The van der Waals surface area contributed by atoms with E-state index in [1.165, 1.54) is 12.8 Å². The van der Waals surface area contributed by atoms with Crippen molar-refractivity contribution in [3.63, 3.8) is 0 Å². The molecule has 1 N–H and O–H groups in total. The molecule has 1 saturated carbocycles. The van der Waals surface area contributed by atoms with Crippen molar-refractivity contribution in [2.45, 2.75) is 83.5 Å². The molecule has 0 heterocycles. The summed E-state index contributed by atoms with van der Waals surface area (Å²) < 4.78 is 11.8. The Morgan fingerprint density at radius 3 is 2.20 bits per heavy atom. The summed E-state index contributed by atoms with van der Waals surface area (Å²) in [6.07, 6.45) is 7.74. The number of ketones is 1. The fourth-order valence-corrected chi connectivity index (χ4v) is 2.61. The molecule has 0 saturated heterocycles. The van der Waals surface area contributed by atoms with Crippen molar-refractivity contribution >= 4 is 5.78 Å². The molecule has 0 radical (unpaired) electrons. The second kappa shape index (κ2) is 10.3. The van der Waals surface area contributed by atoms with E-state index in [0.717, 1.165) is 32.1 Å². The number of carbonyl (C=O) groups excluding carboxylic acids is 1. The van der Waals surface area contributed by atoms with Gasteiger partial charge in [-0.2, -0.15) is 0 Å². The normalized spacial score (nSPS) is 24.6. The van der Waals surface area contributed by atoms with Crippen molar-refractivity contribution in [2.75, 3.05) is 13.2 Å². The molecule has 1 rings (SSSR count). The average molecular weight is 286 g/mol. The Kier molecular flexibility index (Phi) is 9.07. The highest BCUT2D eigenvalue weighted by Crippen LogP contribution is 2.24. The van der Waals surface area contributed by atoms with Gasteiger partial charge < -0.3 is 19.4 Å². The van der Waals surface area contributed by atoms with E-state index in [2.05, 4.69) is 0 Å². The van der Waals surface area contributed by atoms with E-state index in [-0.39, 0.29) is 24.1 Å². The lowest BCUT2D eigenvalue weighted by Crippen LogP contribution is -2.35. The second-order valence-corrected chi connectivity index (χ2v) is 5.90. The number of Topliss-reactive ketones (excluding diaryl/α,β-unsaturated/α-hetero) is 1. The monoisotopic (exact) mass is 286 g/mol. The average Bonchev–Trinajstić information content (AvgIpc) is 2.40. The van der Waals surface area contributed by atoms with Gasteiger partial charge in [-0.25, -0.2) is 0 Å². The number of rotatable bonds is 10. The lowest BCUT2D eigenvalue weighted by Gasteiger charge is -2.31. The maximum Gasteiger partial charge on any atom is 0.129 e. The van der Waals surface area contributed by atoms with Crippen LogP contribution in [0.5, 0.6) is 0 Å². The first-order valence-corrected chi connectivity index (χ1v) is 8.00. The highest BCUT2D eigenvalue weighted by Gasteiger charge is 2.26. The first-order chi connectivity index (χ1) is 9.59. The summed E-state index contributed by atoms with van der Waals surface area (Å²) in [4.78, 5) is 10.9. The Hall–Kier alpha value is -0.450. The summed E-state index contributed by atoms with van der Waals surface area (Å²) in [6, 6.07) is 0. The summed E-state index contributed by atoms with van der Waals surface area (Å²) in [6.45, 7) is 4.77. The lowest BCUT2D eigenvalue weighted by molar-refractivity contribution is -0.118. The van der Waals surface area contributed by atoms with Gasteiger partial charge in [0.05, 0.1) is 18.3 Å². The number of aliphatic hydroxyl groups excluding tert-OH is 1. The first-order valence-electron chi connectivity index (χ1n) is 8.00. The maximum absolute atomic E-state index is 10.9. The van der Waals surface area contributed by atoms with Crippen LogP contribution in [0.2, 0.25) is 0 Å². The molecule has 4 nitrogen and oxygen atoms in total. The molecule has 118 valence electrons. The molecule has 1 aliphatic rings. The summed E-state index contributed by atoms with van der Waals surface area (Å²) in [5, 5.41) is 9.22. The van der Waals surface area contributed by atoms with Crippen molar-refractivity contribution in [3.05, 3.63) is 0 Å². The molecule has 20 heavy (non-hydrogen) atoms. The molecule has 0 bridgehead atoms. The molecular formula is C16H30O4. The van der Waals surface area contributed by atoms with Crippen LogP contribution in [0.15, 0.2) is 0 Å². The maximum atomic E-state index is 10.9. The fraction of sp³-hybridized carbons (Fsp3) is 0.938. The molecule has 1 fully saturated rings. The zero-order valence-corrected chi connectivity index (χ0v) is 13.0. The molecular weight excluding hydrogens is 256 g/mol. The van der Waals surface area contributed by atoms with Crippen LogP contribution < -0.4 is 0 Å². The summed E-state index contributed by atoms with van der Waals surface area (Å²) in [7, 11) is 0.